The SMILES string of the molecule is COc1ccc(C(OCC2OC(n3cnc4c([O])nc(NC(=O)C(C)C)nc43)C(O)C2O)(c2ccccc2)c2ccc(OC)cc2)cc1. The number of aliphatic hydroxyl groups is 2. The molecule has 1 radical (unpaired) electrons. The predicted octanol–water partition coefficient (Wildman–Crippen LogP) is 4.21. The second-order valence-electron chi connectivity index (χ2n) is 11.7. The van der Waals surface area contributed by atoms with Crippen LogP contribution in [0, 0.1) is 5.92 Å². The molecule has 3 N–H and O–H groups in total. The van der Waals surface area contributed by atoms with Crippen molar-refractivity contribution in [2.24, 2.45) is 5.92 Å². The first kappa shape index (κ1) is 32.8. The largest absolute Gasteiger partial charge is 0.497 e. The Morgan fingerprint density at radius 1 is 0.896 bits per heavy atom. The molecule has 1 aliphatic rings. The van der Waals surface area contributed by atoms with Crippen molar-refractivity contribution in [3.63, 3.8) is 0 Å². The smallest absolute Gasteiger partial charge is 0.302 e. The molecule has 5 aromatic rings. The molecule has 1 saturated heterocycles. The molecule has 0 bridgehead atoms. The van der Waals surface area contributed by atoms with Crippen LogP contribution in [0.2, 0.25) is 0 Å². The monoisotopic (exact) mass is 654 g/mol. The fourth-order valence-electron chi connectivity index (χ4n) is 5.77. The van der Waals surface area contributed by atoms with Gasteiger partial charge in [0.15, 0.2) is 17.4 Å². The highest BCUT2D eigenvalue weighted by Crippen LogP contribution is 2.43. The summed E-state index contributed by atoms with van der Waals surface area (Å²) in [6, 6.07) is 24.6. The summed E-state index contributed by atoms with van der Waals surface area (Å²) in [4.78, 5) is 24.5. The van der Waals surface area contributed by atoms with Crippen molar-refractivity contribution in [2.45, 2.75) is 44.0 Å². The van der Waals surface area contributed by atoms with Crippen LogP contribution in [0.1, 0.15) is 36.8 Å². The number of amides is 1. The van der Waals surface area contributed by atoms with Gasteiger partial charge in [-0.2, -0.15) is 9.97 Å². The van der Waals surface area contributed by atoms with Crippen LogP contribution in [-0.4, -0.2) is 74.8 Å². The zero-order valence-electron chi connectivity index (χ0n) is 26.8. The molecule has 1 aliphatic heterocycles. The number of imidazole rings is 1. The van der Waals surface area contributed by atoms with Crippen molar-refractivity contribution in [3.8, 4) is 17.4 Å². The summed E-state index contributed by atoms with van der Waals surface area (Å²) in [5.41, 5.74) is 1.12. The summed E-state index contributed by atoms with van der Waals surface area (Å²) >= 11 is 0. The van der Waals surface area contributed by atoms with Crippen LogP contribution in [0.4, 0.5) is 5.95 Å². The maximum absolute atomic E-state index is 12.7. The normalized spacial score (nSPS) is 19.5. The van der Waals surface area contributed by atoms with Crippen molar-refractivity contribution in [1.82, 2.24) is 19.5 Å². The number of anilines is 1. The molecule has 4 unspecified atom stereocenters. The van der Waals surface area contributed by atoms with E-state index < -0.39 is 36.0 Å². The predicted molar refractivity (Wildman–Crippen MR) is 173 cm³/mol. The van der Waals surface area contributed by atoms with Crippen molar-refractivity contribution < 1.29 is 39.1 Å². The van der Waals surface area contributed by atoms with E-state index in [1.165, 1.54) is 10.9 Å². The fourth-order valence-corrected chi connectivity index (χ4v) is 5.77. The van der Waals surface area contributed by atoms with E-state index in [1.807, 2.05) is 78.9 Å². The lowest BCUT2D eigenvalue weighted by molar-refractivity contribution is -0.118. The number of aliphatic hydroxyl groups excluding tert-OH is 2. The van der Waals surface area contributed by atoms with Gasteiger partial charge in [0.25, 0.3) is 0 Å². The number of benzene rings is 3. The maximum Gasteiger partial charge on any atom is 0.302 e. The molecule has 0 aliphatic carbocycles. The third-order valence-electron chi connectivity index (χ3n) is 8.40. The van der Waals surface area contributed by atoms with E-state index in [1.54, 1.807) is 28.1 Å². The molecule has 6 rings (SSSR count). The minimum absolute atomic E-state index is 0.0296. The van der Waals surface area contributed by atoms with E-state index in [0.29, 0.717) is 11.5 Å². The second kappa shape index (κ2) is 13.6. The Morgan fingerprint density at radius 3 is 2.04 bits per heavy atom. The van der Waals surface area contributed by atoms with E-state index in [0.717, 1.165) is 16.7 Å². The summed E-state index contributed by atoms with van der Waals surface area (Å²) in [6.45, 7) is 3.22. The van der Waals surface area contributed by atoms with Gasteiger partial charge >= 0.3 is 5.88 Å². The average Bonchev–Trinajstić information content (AvgIpc) is 3.66. The van der Waals surface area contributed by atoms with Gasteiger partial charge in [0, 0.05) is 5.92 Å². The third-order valence-corrected chi connectivity index (χ3v) is 8.40. The molecular formula is C35H36N5O8. The van der Waals surface area contributed by atoms with Gasteiger partial charge in [-0.15, -0.1) is 0 Å². The zero-order chi connectivity index (χ0) is 34.0. The van der Waals surface area contributed by atoms with Gasteiger partial charge in [-0.1, -0.05) is 68.4 Å². The third kappa shape index (κ3) is 6.04. The number of fused-ring (bicyclic) bond motifs is 1. The first-order valence-electron chi connectivity index (χ1n) is 15.4. The number of carbonyl (C=O) groups is 1. The molecular weight excluding hydrogens is 618 g/mol. The molecule has 1 fully saturated rings. The molecule has 1 amide bonds. The molecule has 4 atom stereocenters. The molecule has 2 aromatic heterocycles. The minimum Gasteiger partial charge on any atom is -0.497 e. The van der Waals surface area contributed by atoms with E-state index in [2.05, 4.69) is 20.3 Å². The topological polar surface area (TPSA) is 170 Å². The van der Waals surface area contributed by atoms with Crippen molar-refractivity contribution in [1.29, 1.82) is 0 Å². The number of hydrogen-bond acceptors (Lipinski definition) is 10. The quantitative estimate of drug-likeness (QED) is 0.175. The molecule has 48 heavy (non-hydrogen) atoms. The minimum atomic E-state index is -1.44. The van der Waals surface area contributed by atoms with Gasteiger partial charge < -0.3 is 29.2 Å². The summed E-state index contributed by atoms with van der Waals surface area (Å²) in [6.07, 6.45) is -3.75. The number of carbonyl (C=O) groups excluding carboxylic acids is 1. The van der Waals surface area contributed by atoms with Crippen molar-refractivity contribution in [3.05, 3.63) is 102 Å². The summed E-state index contributed by atoms with van der Waals surface area (Å²) < 4.78 is 25.3. The van der Waals surface area contributed by atoms with Crippen molar-refractivity contribution in [2.75, 3.05) is 26.1 Å². The summed E-state index contributed by atoms with van der Waals surface area (Å²) in [7, 11) is 3.19. The van der Waals surface area contributed by atoms with Crippen LogP contribution in [0.5, 0.6) is 17.4 Å². The summed E-state index contributed by atoms with van der Waals surface area (Å²) in [5, 5.41) is 37.7. The van der Waals surface area contributed by atoms with Crippen LogP contribution in [0.3, 0.4) is 0 Å². The Morgan fingerprint density at radius 2 is 1.48 bits per heavy atom. The van der Waals surface area contributed by atoms with Gasteiger partial charge in [0.05, 0.1) is 27.2 Å². The number of methoxy groups -OCH3 is 2. The van der Waals surface area contributed by atoms with Gasteiger partial charge in [-0.05, 0) is 41.0 Å². The molecule has 249 valence electrons. The lowest BCUT2D eigenvalue weighted by Crippen LogP contribution is -2.39. The van der Waals surface area contributed by atoms with Gasteiger partial charge in [-0.25, -0.2) is 4.98 Å². The van der Waals surface area contributed by atoms with Gasteiger partial charge in [-0.3, -0.25) is 19.8 Å². The second-order valence-corrected chi connectivity index (χ2v) is 11.7. The molecule has 3 heterocycles. The lowest BCUT2D eigenvalue weighted by atomic mass is 9.80. The zero-order valence-corrected chi connectivity index (χ0v) is 26.8. The van der Waals surface area contributed by atoms with Crippen LogP contribution < -0.4 is 14.8 Å². The number of rotatable bonds is 11. The van der Waals surface area contributed by atoms with E-state index in [4.69, 9.17) is 18.9 Å². The highest BCUT2D eigenvalue weighted by molar-refractivity contribution is 5.91. The lowest BCUT2D eigenvalue weighted by Gasteiger charge is -2.37. The Kier molecular flexibility index (Phi) is 9.29. The Bertz CT molecular complexity index is 1820. The molecule has 0 saturated carbocycles. The average molecular weight is 655 g/mol. The van der Waals surface area contributed by atoms with E-state index in [9.17, 15) is 20.1 Å². The standard InChI is InChI=1S/C35H36N5O8/c1-20(2)31(43)38-34-37-30-27(32(44)39-34)36-19-40(30)33-29(42)28(41)26(48-33)18-47-35(21-8-6-5-7-9-21,22-10-14-24(45-3)15-11-22)23-12-16-25(46-4)17-13-23/h5-17,19-20,26,28-29,33,41-42H,18H2,1-4H3,(H,37,38,39,43). The molecule has 13 heteroatoms. The number of aromatic nitrogens is 4. The maximum atomic E-state index is 12.7. The van der Waals surface area contributed by atoms with Crippen LogP contribution >= 0.6 is 0 Å². The first-order chi connectivity index (χ1) is 23.2. The number of nitrogens with zero attached hydrogens (tertiary/aromatic N) is 4. The first-order valence-corrected chi connectivity index (χ1v) is 15.4. The molecule has 13 nitrogen and oxygen atoms in total. The van der Waals surface area contributed by atoms with Gasteiger partial charge in [0.2, 0.25) is 11.9 Å². The Balaban J connectivity index is 1.36. The van der Waals surface area contributed by atoms with Crippen LogP contribution in [0.25, 0.3) is 11.2 Å². The van der Waals surface area contributed by atoms with Crippen LogP contribution in [0.15, 0.2) is 85.2 Å². The Hall–Kier alpha value is -5.08. The summed E-state index contributed by atoms with van der Waals surface area (Å²) in [5.74, 6) is -0.329. The highest BCUT2D eigenvalue weighted by Gasteiger charge is 2.47. The number of nitrogens with one attached hydrogen (secondary N) is 1. The Labute approximate surface area is 276 Å². The number of ether oxygens (including phenoxy) is 4. The number of hydrogen-bond donors (Lipinski definition) is 3. The van der Waals surface area contributed by atoms with Crippen molar-refractivity contribution >= 4 is 23.0 Å². The highest BCUT2D eigenvalue weighted by atomic mass is 16.6. The van der Waals surface area contributed by atoms with Crippen LogP contribution in [-0.2, 0) is 25.0 Å². The van der Waals surface area contributed by atoms with E-state index >= 15 is 0 Å². The van der Waals surface area contributed by atoms with Gasteiger partial charge in [0.1, 0.15) is 35.4 Å². The fraction of sp³-hybridized carbons (Fsp3) is 0.314. The molecule has 3 aromatic carbocycles. The van der Waals surface area contributed by atoms with E-state index in [-0.39, 0.29) is 35.5 Å². The molecule has 0 spiro atoms.